The summed E-state index contributed by atoms with van der Waals surface area (Å²) >= 11 is 3.50. The third-order valence-electron chi connectivity index (χ3n) is 3.78. The molecule has 0 bridgehead atoms. The van der Waals surface area contributed by atoms with Crippen molar-refractivity contribution < 1.29 is 4.79 Å². The summed E-state index contributed by atoms with van der Waals surface area (Å²) in [5, 5.41) is 1.00. The van der Waals surface area contributed by atoms with Crippen LogP contribution in [0.15, 0.2) is 18.2 Å². The molecule has 3 heteroatoms. The molecule has 0 N–H and O–H groups in total. The molecule has 0 spiro atoms. The van der Waals surface area contributed by atoms with Crippen LogP contribution in [0.5, 0.6) is 0 Å². The average Bonchev–Trinajstić information content (AvgIpc) is 2.82. The SMILES string of the molecule is Cc1ccc(CC(=O)N2CCC(CBr)C2)cc1C. The lowest BCUT2D eigenvalue weighted by molar-refractivity contribution is -0.129. The van der Waals surface area contributed by atoms with E-state index in [0.29, 0.717) is 12.3 Å². The standard InChI is InChI=1S/C15H20BrNO/c1-11-3-4-13(7-12(11)2)8-15(18)17-6-5-14(9-16)10-17/h3-4,7,14H,5-6,8-10H2,1-2H3. The Labute approximate surface area is 117 Å². The molecule has 1 fully saturated rings. The molecule has 0 aromatic heterocycles. The maximum atomic E-state index is 12.2. The molecule has 1 unspecified atom stereocenters. The number of likely N-dealkylation sites (tertiary alicyclic amines) is 1. The number of hydrogen-bond donors (Lipinski definition) is 0. The van der Waals surface area contributed by atoms with Crippen molar-refractivity contribution in [2.24, 2.45) is 5.92 Å². The Morgan fingerprint density at radius 2 is 2.17 bits per heavy atom. The quantitative estimate of drug-likeness (QED) is 0.786. The molecule has 1 aromatic carbocycles. The zero-order chi connectivity index (χ0) is 13.1. The van der Waals surface area contributed by atoms with E-state index in [2.05, 4.69) is 48.0 Å². The molecule has 1 aliphatic heterocycles. The first kappa shape index (κ1) is 13.6. The number of hydrogen-bond acceptors (Lipinski definition) is 1. The van der Waals surface area contributed by atoms with Gasteiger partial charge in [0.2, 0.25) is 5.91 Å². The Morgan fingerprint density at radius 1 is 1.39 bits per heavy atom. The van der Waals surface area contributed by atoms with Crippen LogP contribution in [-0.2, 0) is 11.2 Å². The van der Waals surface area contributed by atoms with E-state index in [1.807, 2.05) is 4.90 Å². The van der Waals surface area contributed by atoms with Crippen LogP contribution in [0.2, 0.25) is 0 Å². The van der Waals surface area contributed by atoms with E-state index in [-0.39, 0.29) is 5.91 Å². The number of aryl methyl sites for hydroxylation is 2. The zero-order valence-corrected chi connectivity index (χ0v) is 12.7. The lowest BCUT2D eigenvalue weighted by atomic mass is 10.0. The molecule has 1 aliphatic rings. The maximum absolute atomic E-state index is 12.2. The van der Waals surface area contributed by atoms with Crippen molar-refractivity contribution in [2.75, 3.05) is 18.4 Å². The van der Waals surface area contributed by atoms with Crippen LogP contribution in [0.1, 0.15) is 23.1 Å². The summed E-state index contributed by atoms with van der Waals surface area (Å²) in [5.74, 6) is 0.899. The van der Waals surface area contributed by atoms with Gasteiger partial charge < -0.3 is 4.90 Å². The highest BCUT2D eigenvalue weighted by Gasteiger charge is 2.25. The third kappa shape index (κ3) is 3.14. The van der Waals surface area contributed by atoms with E-state index in [1.54, 1.807) is 0 Å². The molecule has 98 valence electrons. The van der Waals surface area contributed by atoms with E-state index in [0.717, 1.165) is 30.4 Å². The van der Waals surface area contributed by atoms with Gasteiger partial charge in [-0.3, -0.25) is 4.79 Å². The second-order valence-corrected chi connectivity index (χ2v) is 5.89. The maximum Gasteiger partial charge on any atom is 0.226 e. The van der Waals surface area contributed by atoms with Crippen LogP contribution < -0.4 is 0 Å². The van der Waals surface area contributed by atoms with Gasteiger partial charge in [0, 0.05) is 18.4 Å². The van der Waals surface area contributed by atoms with Crippen LogP contribution in [0.25, 0.3) is 0 Å². The Kier molecular flexibility index (Phi) is 4.44. The van der Waals surface area contributed by atoms with E-state index < -0.39 is 0 Å². The zero-order valence-electron chi connectivity index (χ0n) is 11.1. The third-order valence-corrected chi connectivity index (χ3v) is 4.70. The van der Waals surface area contributed by atoms with Gasteiger partial charge in [-0.1, -0.05) is 34.1 Å². The smallest absolute Gasteiger partial charge is 0.226 e. The molecular formula is C15H20BrNO. The fraction of sp³-hybridized carbons (Fsp3) is 0.533. The molecule has 1 heterocycles. The van der Waals surface area contributed by atoms with Gasteiger partial charge in [-0.25, -0.2) is 0 Å². The summed E-state index contributed by atoms with van der Waals surface area (Å²) in [6.45, 7) is 6.02. The number of carbonyl (C=O) groups is 1. The highest BCUT2D eigenvalue weighted by atomic mass is 79.9. The number of halogens is 1. The van der Waals surface area contributed by atoms with E-state index in [1.165, 1.54) is 11.1 Å². The van der Waals surface area contributed by atoms with Gasteiger partial charge in [-0.15, -0.1) is 0 Å². The fourth-order valence-electron chi connectivity index (χ4n) is 2.39. The van der Waals surface area contributed by atoms with Gasteiger partial charge in [-0.05, 0) is 42.9 Å². The Morgan fingerprint density at radius 3 is 2.78 bits per heavy atom. The molecule has 0 radical (unpaired) electrons. The van der Waals surface area contributed by atoms with Gasteiger partial charge in [0.05, 0.1) is 6.42 Å². The summed E-state index contributed by atoms with van der Waals surface area (Å²) < 4.78 is 0. The monoisotopic (exact) mass is 309 g/mol. The summed E-state index contributed by atoms with van der Waals surface area (Å²) in [6.07, 6.45) is 1.67. The van der Waals surface area contributed by atoms with Crippen LogP contribution in [0, 0.1) is 19.8 Å². The predicted octanol–water partition coefficient (Wildman–Crippen LogP) is 3.09. The normalized spacial score (nSPS) is 19.3. The number of carbonyl (C=O) groups excluding carboxylic acids is 1. The summed E-state index contributed by atoms with van der Waals surface area (Å²) in [6, 6.07) is 6.30. The Balaban J connectivity index is 1.97. The van der Waals surface area contributed by atoms with Gasteiger partial charge in [0.1, 0.15) is 0 Å². The largest absolute Gasteiger partial charge is 0.342 e. The van der Waals surface area contributed by atoms with Crippen molar-refractivity contribution in [1.82, 2.24) is 4.90 Å². The number of nitrogens with zero attached hydrogens (tertiary/aromatic N) is 1. The molecule has 0 aliphatic carbocycles. The summed E-state index contributed by atoms with van der Waals surface area (Å²) in [5.41, 5.74) is 3.68. The van der Waals surface area contributed by atoms with Crippen molar-refractivity contribution in [3.05, 3.63) is 34.9 Å². The minimum Gasteiger partial charge on any atom is -0.342 e. The van der Waals surface area contributed by atoms with E-state index in [4.69, 9.17) is 0 Å². The first-order chi connectivity index (χ1) is 8.60. The highest BCUT2D eigenvalue weighted by molar-refractivity contribution is 9.09. The van der Waals surface area contributed by atoms with Gasteiger partial charge in [0.15, 0.2) is 0 Å². The van der Waals surface area contributed by atoms with Gasteiger partial charge in [-0.2, -0.15) is 0 Å². The van der Waals surface area contributed by atoms with Gasteiger partial charge in [0.25, 0.3) is 0 Å². The summed E-state index contributed by atoms with van der Waals surface area (Å²) in [4.78, 5) is 14.2. The first-order valence-corrected chi connectivity index (χ1v) is 7.62. The van der Waals surface area contributed by atoms with Crippen molar-refractivity contribution in [1.29, 1.82) is 0 Å². The van der Waals surface area contributed by atoms with Crippen molar-refractivity contribution >= 4 is 21.8 Å². The summed E-state index contributed by atoms with van der Waals surface area (Å²) in [7, 11) is 0. The van der Waals surface area contributed by atoms with E-state index >= 15 is 0 Å². The van der Waals surface area contributed by atoms with Gasteiger partial charge >= 0.3 is 0 Å². The molecule has 0 saturated carbocycles. The van der Waals surface area contributed by atoms with Crippen molar-refractivity contribution in [3.8, 4) is 0 Å². The number of amides is 1. The number of rotatable bonds is 3. The van der Waals surface area contributed by atoms with Crippen LogP contribution in [0.3, 0.4) is 0 Å². The predicted molar refractivity (Wildman–Crippen MR) is 78.1 cm³/mol. The van der Waals surface area contributed by atoms with E-state index in [9.17, 15) is 4.79 Å². The van der Waals surface area contributed by atoms with Crippen molar-refractivity contribution in [3.63, 3.8) is 0 Å². The lowest BCUT2D eigenvalue weighted by Gasteiger charge is -2.16. The van der Waals surface area contributed by atoms with Crippen LogP contribution in [-0.4, -0.2) is 29.2 Å². The molecule has 1 atom stereocenters. The Hall–Kier alpha value is -0.830. The minimum absolute atomic E-state index is 0.265. The molecule has 18 heavy (non-hydrogen) atoms. The molecular weight excluding hydrogens is 290 g/mol. The first-order valence-electron chi connectivity index (χ1n) is 6.50. The topological polar surface area (TPSA) is 20.3 Å². The molecule has 1 aromatic rings. The highest BCUT2D eigenvalue weighted by Crippen LogP contribution is 2.19. The molecule has 2 nitrogen and oxygen atoms in total. The number of benzene rings is 1. The molecule has 2 rings (SSSR count). The fourth-order valence-corrected chi connectivity index (χ4v) is 2.91. The second-order valence-electron chi connectivity index (χ2n) is 5.24. The lowest BCUT2D eigenvalue weighted by Crippen LogP contribution is -2.30. The van der Waals surface area contributed by atoms with Crippen molar-refractivity contribution in [2.45, 2.75) is 26.7 Å². The minimum atomic E-state index is 0.265. The Bertz CT molecular complexity index is 444. The van der Waals surface area contributed by atoms with Crippen LogP contribution >= 0.6 is 15.9 Å². The molecule has 1 amide bonds. The average molecular weight is 310 g/mol. The number of alkyl halides is 1. The second kappa shape index (κ2) is 5.87. The molecule has 1 saturated heterocycles. The van der Waals surface area contributed by atoms with Crippen LogP contribution in [0.4, 0.5) is 0 Å².